The van der Waals surface area contributed by atoms with Gasteiger partial charge in [0.25, 0.3) is 0 Å². The fourth-order valence-corrected chi connectivity index (χ4v) is 6.86. The summed E-state index contributed by atoms with van der Waals surface area (Å²) in [6, 6.07) is 44.0. The van der Waals surface area contributed by atoms with Crippen LogP contribution in [0.2, 0.25) is 10.0 Å². The fourth-order valence-electron chi connectivity index (χ4n) is 6.34. The lowest BCUT2D eigenvalue weighted by Gasteiger charge is -2.39. The predicted molar refractivity (Wildman–Crippen MR) is 218 cm³/mol. The van der Waals surface area contributed by atoms with E-state index in [1.165, 1.54) is 17.2 Å². The molecule has 5 aromatic carbocycles. The molecule has 0 spiro atoms. The molecule has 1 aliphatic rings. The zero-order chi connectivity index (χ0) is 37.4. The van der Waals surface area contributed by atoms with E-state index in [0.29, 0.717) is 15.6 Å². The van der Waals surface area contributed by atoms with Crippen molar-refractivity contribution in [2.24, 2.45) is 0 Å². The van der Waals surface area contributed by atoms with E-state index in [9.17, 15) is 14.7 Å². The van der Waals surface area contributed by atoms with Crippen LogP contribution in [0.15, 0.2) is 140 Å². The zero-order valence-corrected chi connectivity index (χ0v) is 31.6. The minimum atomic E-state index is -0.937. The van der Waals surface area contributed by atoms with E-state index < -0.39 is 6.10 Å². The van der Waals surface area contributed by atoms with Crippen LogP contribution in [0.5, 0.6) is 0 Å². The number of benzene rings is 5. The molecule has 0 aliphatic carbocycles. The monoisotopic (exact) mass is 747 g/mol. The number of rotatable bonds is 12. The molecule has 1 unspecified atom stereocenters. The summed E-state index contributed by atoms with van der Waals surface area (Å²) < 4.78 is 0. The number of carbonyl (C=O) groups is 2. The SMILES string of the molecule is Cc1ccccc1.O=C(/C=C/c1c(Cl)cccc1Cl)NCC(O)CN(C(=O)Cc1ccc(-c2ccccc2)cc1)C1CCN(Cc2ccccc2)CC1. The number of nitrogens with zero attached hydrogens (tertiary/aromatic N) is 2. The average molecular weight is 749 g/mol. The average Bonchev–Trinajstić information content (AvgIpc) is 3.18. The Morgan fingerprint density at radius 2 is 1.34 bits per heavy atom. The number of nitrogens with one attached hydrogen (secondary N) is 1. The van der Waals surface area contributed by atoms with Crippen molar-refractivity contribution in [3.63, 3.8) is 0 Å². The summed E-state index contributed by atoms with van der Waals surface area (Å²) in [5.74, 6) is -0.423. The number of amides is 2. The summed E-state index contributed by atoms with van der Waals surface area (Å²) in [6.07, 6.45) is 3.81. The zero-order valence-electron chi connectivity index (χ0n) is 30.1. The van der Waals surface area contributed by atoms with Gasteiger partial charge in [-0.2, -0.15) is 0 Å². The van der Waals surface area contributed by atoms with Crippen LogP contribution >= 0.6 is 23.2 Å². The van der Waals surface area contributed by atoms with Gasteiger partial charge in [-0.3, -0.25) is 14.5 Å². The quantitative estimate of drug-likeness (QED) is 0.125. The summed E-state index contributed by atoms with van der Waals surface area (Å²) in [5, 5.41) is 14.6. The lowest BCUT2D eigenvalue weighted by atomic mass is 9.99. The van der Waals surface area contributed by atoms with E-state index in [4.69, 9.17) is 23.2 Å². The van der Waals surface area contributed by atoms with Gasteiger partial charge in [0.2, 0.25) is 11.8 Å². The molecule has 2 N–H and O–H groups in total. The van der Waals surface area contributed by atoms with Gasteiger partial charge in [0.1, 0.15) is 0 Å². The number of aryl methyl sites for hydroxylation is 1. The van der Waals surface area contributed by atoms with E-state index in [2.05, 4.69) is 65.7 Å². The summed E-state index contributed by atoms with van der Waals surface area (Å²) in [6.45, 7) is 4.80. The van der Waals surface area contributed by atoms with Crippen molar-refractivity contribution >= 4 is 41.1 Å². The molecule has 6 rings (SSSR count). The van der Waals surface area contributed by atoms with Crippen molar-refractivity contribution in [1.82, 2.24) is 15.1 Å². The van der Waals surface area contributed by atoms with Crippen LogP contribution in [0.25, 0.3) is 17.2 Å². The Morgan fingerprint density at radius 1 is 0.774 bits per heavy atom. The minimum absolute atomic E-state index is 0.00182. The number of piperidine rings is 1. The second-order valence-electron chi connectivity index (χ2n) is 13.3. The predicted octanol–water partition coefficient (Wildman–Crippen LogP) is 8.88. The third-order valence-corrected chi connectivity index (χ3v) is 9.90. The molecule has 1 fully saturated rings. The van der Waals surface area contributed by atoms with Gasteiger partial charge in [-0.1, -0.05) is 150 Å². The van der Waals surface area contributed by atoms with Crippen LogP contribution in [0.1, 0.15) is 35.1 Å². The highest BCUT2D eigenvalue weighted by molar-refractivity contribution is 6.37. The fraction of sp³-hybridized carbons (Fsp3) is 0.244. The third-order valence-electron chi connectivity index (χ3n) is 9.24. The van der Waals surface area contributed by atoms with E-state index in [0.717, 1.165) is 49.2 Å². The highest BCUT2D eigenvalue weighted by Crippen LogP contribution is 2.26. The van der Waals surface area contributed by atoms with Gasteiger partial charge in [-0.25, -0.2) is 0 Å². The molecule has 2 amide bonds. The molecule has 6 nitrogen and oxygen atoms in total. The van der Waals surface area contributed by atoms with Gasteiger partial charge in [0.05, 0.1) is 12.5 Å². The first-order chi connectivity index (χ1) is 25.7. The minimum Gasteiger partial charge on any atom is -0.389 e. The molecule has 0 saturated carbocycles. The van der Waals surface area contributed by atoms with Crippen molar-refractivity contribution in [2.75, 3.05) is 26.2 Å². The molecule has 0 radical (unpaired) electrons. The molecule has 8 heteroatoms. The van der Waals surface area contributed by atoms with Crippen LogP contribution in [0.3, 0.4) is 0 Å². The van der Waals surface area contributed by atoms with Gasteiger partial charge in [0.15, 0.2) is 0 Å². The normalized spacial score (nSPS) is 13.9. The van der Waals surface area contributed by atoms with Gasteiger partial charge in [0, 0.05) is 60.5 Å². The lowest BCUT2D eigenvalue weighted by molar-refractivity contribution is -0.135. The van der Waals surface area contributed by atoms with Crippen molar-refractivity contribution in [3.05, 3.63) is 172 Å². The molecule has 0 aromatic heterocycles. The second kappa shape index (κ2) is 20.5. The second-order valence-corrected chi connectivity index (χ2v) is 14.1. The van der Waals surface area contributed by atoms with E-state index >= 15 is 0 Å². The van der Waals surface area contributed by atoms with Crippen LogP contribution in [0, 0.1) is 6.92 Å². The van der Waals surface area contributed by atoms with Crippen molar-refractivity contribution in [1.29, 1.82) is 0 Å². The summed E-state index contributed by atoms with van der Waals surface area (Å²) in [4.78, 5) is 30.6. The topological polar surface area (TPSA) is 72.9 Å². The largest absolute Gasteiger partial charge is 0.389 e. The summed E-state index contributed by atoms with van der Waals surface area (Å²) >= 11 is 12.4. The Bertz CT molecular complexity index is 1880. The molecular formula is C45H47Cl2N3O3. The van der Waals surface area contributed by atoms with Crippen molar-refractivity contribution in [3.8, 4) is 11.1 Å². The van der Waals surface area contributed by atoms with Crippen LogP contribution in [0.4, 0.5) is 0 Å². The molecule has 1 atom stereocenters. The molecule has 1 saturated heterocycles. The summed E-state index contributed by atoms with van der Waals surface area (Å²) in [5.41, 5.74) is 6.28. The number of aliphatic hydroxyl groups is 1. The smallest absolute Gasteiger partial charge is 0.244 e. The lowest BCUT2D eigenvalue weighted by Crippen LogP contribution is -2.51. The Hall–Kier alpha value is -4.72. The Kier molecular flexibility index (Phi) is 15.3. The number of carbonyl (C=O) groups excluding carboxylic acids is 2. The first-order valence-corrected chi connectivity index (χ1v) is 18.8. The number of hydrogen-bond donors (Lipinski definition) is 2. The Labute approximate surface area is 323 Å². The van der Waals surface area contributed by atoms with E-state index in [1.807, 2.05) is 71.6 Å². The summed E-state index contributed by atoms with van der Waals surface area (Å²) in [7, 11) is 0. The number of hydrogen-bond acceptors (Lipinski definition) is 4. The first-order valence-electron chi connectivity index (χ1n) is 18.0. The van der Waals surface area contributed by atoms with Gasteiger partial charge < -0.3 is 15.3 Å². The Balaban J connectivity index is 0.000000693. The maximum Gasteiger partial charge on any atom is 0.244 e. The van der Waals surface area contributed by atoms with E-state index in [1.54, 1.807) is 24.3 Å². The molecule has 1 heterocycles. The van der Waals surface area contributed by atoms with Crippen molar-refractivity contribution in [2.45, 2.75) is 44.9 Å². The standard InChI is InChI=1S/C38H39Cl2N3O3.C7H8/c39-35-12-7-13-36(40)34(35)18-19-37(45)41-25-33(44)27-43(32-20-22-42(23-21-32)26-29-8-3-1-4-9-29)38(46)24-28-14-16-31(17-15-28)30-10-5-2-6-11-30;1-7-5-3-2-4-6-7/h1-19,32-33,44H,20-27H2,(H,41,45);2-6H,1H3/b19-18+;. The maximum absolute atomic E-state index is 13.8. The maximum atomic E-state index is 13.8. The highest BCUT2D eigenvalue weighted by Gasteiger charge is 2.29. The molecular weight excluding hydrogens is 701 g/mol. The Morgan fingerprint density at radius 3 is 1.92 bits per heavy atom. The molecule has 5 aromatic rings. The number of likely N-dealkylation sites (tertiary alicyclic amines) is 1. The van der Waals surface area contributed by atoms with Gasteiger partial charge >= 0.3 is 0 Å². The number of aliphatic hydroxyl groups excluding tert-OH is 1. The van der Waals surface area contributed by atoms with Crippen LogP contribution in [-0.2, 0) is 22.6 Å². The third kappa shape index (κ3) is 12.7. The highest BCUT2D eigenvalue weighted by atomic mass is 35.5. The van der Waals surface area contributed by atoms with Gasteiger partial charge in [-0.15, -0.1) is 0 Å². The molecule has 53 heavy (non-hydrogen) atoms. The molecule has 1 aliphatic heterocycles. The van der Waals surface area contributed by atoms with E-state index in [-0.39, 0.29) is 37.4 Å². The van der Waals surface area contributed by atoms with Crippen LogP contribution < -0.4 is 5.32 Å². The van der Waals surface area contributed by atoms with Gasteiger partial charge in [-0.05, 0) is 60.2 Å². The first kappa shape index (κ1) is 39.5. The van der Waals surface area contributed by atoms with Crippen LogP contribution in [-0.4, -0.2) is 65.0 Å². The number of halogens is 2. The molecule has 274 valence electrons. The molecule has 0 bridgehead atoms. The van der Waals surface area contributed by atoms with Crippen molar-refractivity contribution < 1.29 is 14.7 Å².